The summed E-state index contributed by atoms with van der Waals surface area (Å²) in [5, 5.41) is 28.2. The van der Waals surface area contributed by atoms with E-state index in [0.29, 0.717) is 0 Å². The molecule has 0 spiro atoms. The minimum Gasteiger partial charge on any atom is -0.394 e. The molecule has 18 heavy (non-hydrogen) atoms. The fourth-order valence-electron chi connectivity index (χ4n) is 1.82. The second-order valence-electron chi connectivity index (χ2n) is 4.03. The fraction of sp³-hybridized carbons (Fsp3) is 0.667. The fourth-order valence-corrected chi connectivity index (χ4v) is 1.82. The number of aliphatic hydroxyl groups is 3. The van der Waals surface area contributed by atoms with Crippen LogP contribution in [0.2, 0.25) is 0 Å². The van der Waals surface area contributed by atoms with E-state index in [2.05, 4.69) is 9.97 Å². The van der Waals surface area contributed by atoms with Crippen molar-refractivity contribution in [2.24, 2.45) is 0 Å². The number of rotatable bonds is 3. The van der Waals surface area contributed by atoms with Gasteiger partial charge in [-0.1, -0.05) is 0 Å². The van der Waals surface area contributed by atoms with Crippen LogP contribution in [0.5, 0.6) is 0 Å². The molecule has 0 amide bonds. The van der Waals surface area contributed by atoms with E-state index in [4.69, 9.17) is 15.6 Å². The summed E-state index contributed by atoms with van der Waals surface area (Å²) in [7, 11) is 0. The van der Waals surface area contributed by atoms with Gasteiger partial charge >= 0.3 is 5.69 Å². The number of aliphatic hydroxyl groups excluding tert-OH is 3. The van der Waals surface area contributed by atoms with Crippen LogP contribution in [-0.4, -0.2) is 60.9 Å². The van der Waals surface area contributed by atoms with Gasteiger partial charge in [0.25, 0.3) is 0 Å². The first-order valence-corrected chi connectivity index (χ1v) is 5.34. The first kappa shape index (κ1) is 12.9. The Kier molecular flexibility index (Phi) is 3.57. The van der Waals surface area contributed by atoms with Crippen LogP contribution in [0.25, 0.3) is 0 Å². The Balaban J connectivity index is 2.13. The third kappa shape index (κ3) is 2.34. The largest absolute Gasteiger partial charge is 0.394 e. The quantitative estimate of drug-likeness (QED) is 0.441. The summed E-state index contributed by atoms with van der Waals surface area (Å²) in [5.74, 6) is -0.141. The smallest absolute Gasteiger partial charge is 0.352 e. The molecule has 0 aliphatic carbocycles. The van der Waals surface area contributed by atoms with Crippen LogP contribution in [0.1, 0.15) is 0 Å². The van der Waals surface area contributed by atoms with E-state index < -0.39 is 36.7 Å². The molecular formula is C9H14N4O5. The molecule has 0 bridgehead atoms. The number of hydrogen-bond acceptors (Lipinski definition) is 8. The van der Waals surface area contributed by atoms with E-state index in [1.807, 2.05) is 0 Å². The summed E-state index contributed by atoms with van der Waals surface area (Å²) in [6.07, 6.45) is -2.88. The number of anilines is 1. The number of hydrogen-bond donors (Lipinski definition) is 4. The van der Waals surface area contributed by atoms with Crippen LogP contribution in [0.3, 0.4) is 0 Å². The molecule has 1 aromatic rings. The topological polar surface area (TPSA) is 144 Å². The highest BCUT2D eigenvalue weighted by Gasteiger charge is 2.42. The van der Waals surface area contributed by atoms with Crippen LogP contribution in [-0.2, 0) is 11.3 Å². The lowest BCUT2D eigenvalue weighted by Gasteiger charge is -2.15. The van der Waals surface area contributed by atoms with E-state index in [9.17, 15) is 15.0 Å². The monoisotopic (exact) mass is 258 g/mol. The first-order chi connectivity index (χ1) is 8.52. The standard InChI is InChI=1S/C9H14N4O5/c10-8-11-3-13(9(17)12-8)1-4-6(15)7(16)5(2-14)18-4/h3-7,14-16H,1-2H2,(H2,10,12,17)/t4-,5-,6-,7?/m1/s1. The van der Waals surface area contributed by atoms with Crippen LogP contribution in [0, 0.1) is 0 Å². The number of nitrogens with two attached hydrogens (primary N) is 1. The van der Waals surface area contributed by atoms with Crippen LogP contribution in [0.15, 0.2) is 11.1 Å². The van der Waals surface area contributed by atoms with E-state index in [0.717, 1.165) is 4.57 Å². The molecule has 1 saturated heterocycles. The third-order valence-electron chi connectivity index (χ3n) is 2.80. The minimum absolute atomic E-state index is 0.0339. The van der Waals surface area contributed by atoms with Crippen molar-refractivity contribution in [3.63, 3.8) is 0 Å². The lowest BCUT2D eigenvalue weighted by Crippen LogP contribution is -2.37. The van der Waals surface area contributed by atoms with Crippen molar-refractivity contribution in [3.8, 4) is 0 Å². The van der Waals surface area contributed by atoms with Gasteiger partial charge in [-0.2, -0.15) is 4.98 Å². The van der Waals surface area contributed by atoms with Crippen molar-refractivity contribution in [3.05, 3.63) is 16.8 Å². The molecule has 1 aromatic heterocycles. The molecular weight excluding hydrogens is 244 g/mol. The Morgan fingerprint density at radius 3 is 2.61 bits per heavy atom. The molecule has 5 N–H and O–H groups in total. The zero-order valence-electron chi connectivity index (χ0n) is 9.38. The number of aromatic nitrogens is 3. The second-order valence-corrected chi connectivity index (χ2v) is 4.03. The highest BCUT2D eigenvalue weighted by molar-refractivity contribution is 5.09. The van der Waals surface area contributed by atoms with Crippen LogP contribution < -0.4 is 11.4 Å². The van der Waals surface area contributed by atoms with Crippen LogP contribution in [0.4, 0.5) is 5.95 Å². The highest BCUT2D eigenvalue weighted by Crippen LogP contribution is 2.21. The van der Waals surface area contributed by atoms with Gasteiger partial charge in [-0.15, -0.1) is 0 Å². The van der Waals surface area contributed by atoms with Crippen molar-refractivity contribution in [2.75, 3.05) is 12.3 Å². The van der Waals surface area contributed by atoms with Crippen molar-refractivity contribution < 1.29 is 20.1 Å². The van der Waals surface area contributed by atoms with Gasteiger partial charge in [-0.3, -0.25) is 4.57 Å². The van der Waals surface area contributed by atoms with E-state index >= 15 is 0 Å². The predicted octanol–water partition coefficient (Wildman–Crippen LogP) is -3.30. The second kappa shape index (κ2) is 4.98. The average molecular weight is 258 g/mol. The van der Waals surface area contributed by atoms with E-state index in [-0.39, 0.29) is 12.5 Å². The molecule has 1 aliphatic rings. The van der Waals surface area contributed by atoms with Crippen molar-refractivity contribution in [2.45, 2.75) is 31.0 Å². The summed E-state index contributed by atoms with van der Waals surface area (Å²) in [6, 6.07) is 0. The van der Waals surface area contributed by atoms with E-state index in [1.165, 1.54) is 6.33 Å². The molecule has 0 saturated carbocycles. The summed E-state index contributed by atoms with van der Waals surface area (Å²) in [4.78, 5) is 18.5. The molecule has 1 unspecified atom stereocenters. The maximum Gasteiger partial charge on any atom is 0.352 e. The van der Waals surface area contributed by atoms with Crippen molar-refractivity contribution >= 4 is 5.95 Å². The highest BCUT2D eigenvalue weighted by atomic mass is 16.6. The van der Waals surface area contributed by atoms with Crippen molar-refractivity contribution in [1.82, 2.24) is 14.5 Å². The van der Waals surface area contributed by atoms with Crippen molar-refractivity contribution in [1.29, 1.82) is 0 Å². The third-order valence-corrected chi connectivity index (χ3v) is 2.80. The van der Waals surface area contributed by atoms with E-state index in [1.54, 1.807) is 0 Å². The van der Waals surface area contributed by atoms with Gasteiger partial charge in [-0.05, 0) is 0 Å². The van der Waals surface area contributed by atoms with Gasteiger partial charge in [0.15, 0.2) is 0 Å². The molecule has 4 atom stereocenters. The van der Waals surface area contributed by atoms with Gasteiger partial charge in [0.2, 0.25) is 5.95 Å². The lowest BCUT2D eigenvalue weighted by molar-refractivity contribution is -0.0269. The lowest BCUT2D eigenvalue weighted by atomic mass is 10.1. The van der Waals surface area contributed by atoms with Crippen LogP contribution >= 0.6 is 0 Å². The molecule has 100 valence electrons. The Morgan fingerprint density at radius 2 is 2.06 bits per heavy atom. The molecule has 1 aliphatic heterocycles. The minimum atomic E-state index is -1.19. The summed E-state index contributed by atoms with van der Waals surface area (Å²) < 4.78 is 6.34. The van der Waals surface area contributed by atoms with Gasteiger partial charge < -0.3 is 25.8 Å². The number of nitrogens with zero attached hydrogens (tertiary/aromatic N) is 3. The molecule has 9 nitrogen and oxygen atoms in total. The summed E-state index contributed by atoms with van der Waals surface area (Å²) in [6.45, 7) is -0.449. The zero-order chi connectivity index (χ0) is 13.3. The summed E-state index contributed by atoms with van der Waals surface area (Å²) in [5.41, 5.74) is 4.61. The summed E-state index contributed by atoms with van der Waals surface area (Å²) >= 11 is 0. The molecule has 1 fully saturated rings. The van der Waals surface area contributed by atoms with Gasteiger partial charge in [0.1, 0.15) is 30.7 Å². The Hall–Kier alpha value is -1.55. The van der Waals surface area contributed by atoms with Gasteiger partial charge in [0.05, 0.1) is 13.2 Å². The molecule has 0 radical (unpaired) electrons. The number of nitrogen functional groups attached to an aromatic ring is 1. The zero-order valence-corrected chi connectivity index (χ0v) is 9.38. The van der Waals surface area contributed by atoms with Gasteiger partial charge in [0, 0.05) is 0 Å². The Labute approximate surface area is 101 Å². The van der Waals surface area contributed by atoms with Gasteiger partial charge in [-0.25, -0.2) is 9.78 Å². The Morgan fingerprint density at radius 1 is 1.39 bits per heavy atom. The SMILES string of the molecule is Nc1ncn(C[C@H]2O[C@H](CO)C(O)[C@@H]2O)c(=O)n1. The molecule has 2 heterocycles. The maximum atomic E-state index is 11.4. The predicted molar refractivity (Wildman–Crippen MR) is 58.5 cm³/mol. The average Bonchev–Trinajstić information content (AvgIpc) is 2.60. The number of ether oxygens (including phenoxy) is 1. The Bertz CT molecular complexity index is 478. The molecule has 0 aromatic carbocycles. The molecule has 2 rings (SSSR count). The maximum absolute atomic E-state index is 11.4. The molecule has 9 heteroatoms. The first-order valence-electron chi connectivity index (χ1n) is 5.34. The normalized spacial score (nSPS) is 31.7.